The smallest absolute Gasteiger partial charge is 0.0446 e. The molecule has 17 heavy (non-hydrogen) atoms. The largest absolute Gasteiger partial charge is 0.343 e. The summed E-state index contributed by atoms with van der Waals surface area (Å²) in [6.07, 6.45) is 2.24. The molecule has 0 N–H and O–H groups in total. The van der Waals surface area contributed by atoms with Gasteiger partial charge in [-0.25, -0.2) is 0 Å². The maximum Gasteiger partial charge on any atom is 0.0446 e. The molecule has 0 atom stereocenters. The van der Waals surface area contributed by atoms with E-state index in [1.165, 1.54) is 22.5 Å². The van der Waals surface area contributed by atoms with Crippen molar-refractivity contribution in [1.29, 1.82) is 0 Å². The Morgan fingerprint density at radius 3 is 2.41 bits per heavy atom. The first-order valence-electron chi connectivity index (χ1n) is 6.61. The summed E-state index contributed by atoms with van der Waals surface area (Å²) in [4.78, 5) is 2.39. The molecular formula is C16H23N. The monoisotopic (exact) mass is 229 g/mol. The number of benzene rings is 1. The molecule has 92 valence electrons. The molecule has 0 radical (unpaired) electrons. The molecule has 0 spiro atoms. The molecule has 0 fully saturated rings. The standard InChI is InChI=1S/C16H23N/c1-11(2)14-7-6-8-16-15(14)10-9-13(5)17(16)12(3)4/h6-8,11-12H,5,9-10H2,1-4H3. The Morgan fingerprint density at radius 1 is 1.12 bits per heavy atom. The normalized spacial score (nSPS) is 15.6. The third kappa shape index (κ3) is 2.11. The fourth-order valence-corrected chi connectivity index (χ4v) is 2.83. The molecule has 2 rings (SSSR count). The van der Waals surface area contributed by atoms with Crippen molar-refractivity contribution in [3.8, 4) is 0 Å². The lowest BCUT2D eigenvalue weighted by Gasteiger charge is -2.37. The van der Waals surface area contributed by atoms with Crippen molar-refractivity contribution in [3.05, 3.63) is 41.6 Å². The highest BCUT2D eigenvalue weighted by atomic mass is 15.2. The molecule has 0 aliphatic carbocycles. The molecule has 0 bridgehead atoms. The lowest BCUT2D eigenvalue weighted by Crippen LogP contribution is -2.33. The van der Waals surface area contributed by atoms with Crippen LogP contribution in [0.5, 0.6) is 0 Å². The minimum absolute atomic E-state index is 0.490. The zero-order valence-corrected chi connectivity index (χ0v) is 11.5. The minimum Gasteiger partial charge on any atom is -0.343 e. The molecule has 0 unspecified atom stereocenters. The third-order valence-corrected chi connectivity index (χ3v) is 3.59. The van der Waals surface area contributed by atoms with Crippen LogP contribution in [0.25, 0.3) is 0 Å². The second-order valence-corrected chi connectivity index (χ2v) is 5.53. The van der Waals surface area contributed by atoms with Crippen molar-refractivity contribution in [2.24, 2.45) is 0 Å². The maximum atomic E-state index is 4.22. The highest BCUT2D eigenvalue weighted by Gasteiger charge is 2.24. The van der Waals surface area contributed by atoms with Crippen molar-refractivity contribution in [2.75, 3.05) is 4.90 Å². The van der Waals surface area contributed by atoms with Gasteiger partial charge < -0.3 is 4.90 Å². The summed E-state index contributed by atoms with van der Waals surface area (Å²) in [5.74, 6) is 0.602. The zero-order chi connectivity index (χ0) is 12.6. The highest BCUT2D eigenvalue weighted by Crippen LogP contribution is 2.37. The van der Waals surface area contributed by atoms with Gasteiger partial charge in [-0.3, -0.25) is 0 Å². The average molecular weight is 229 g/mol. The molecule has 1 aromatic carbocycles. The third-order valence-electron chi connectivity index (χ3n) is 3.59. The fourth-order valence-electron chi connectivity index (χ4n) is 2.83. The maximum absolute atomic E-state index is 4.22. The lowest BCUT2D eigenvalue weighted by atomic mass is 9.89. The molecule has 0 amide bonds. The predicted octanol–water partition coefficient (Wildman–Crippen LogP) is 4.48. The van der Waals surface area contributed by atoms with Gasteiger partial charge in [0.05, 0.1) is 0 Å². The first-order valence-corrected chi connectivity index (χ1v) is 6.61. The van der Waals surface area contributed by atoms with Crippen LogP contribution in [0.4, 0.5) is 5.69 Å². The van der Waals surface area contributed by atoms with E-state index >= 15 is 0 Å². The Balaban J connectivity index is 2.54. The average Bonchev–Trinajstić information content (AvgIpc) is 2.26. The Morgan fingerprint density at radius 2 is 1.82 bits per heavy atom. The highest BCUT2D eigenvalue weighted by molar-refractivity contribution is 5.63. The van der Waals surface area contributed by atoms with Crippen LogP contribution in [0.3, 0.4) is 0 Å². The van der Waals surface area contributed by atoms with E-state index in [0.29, 0.717) is 12.0 Å². The SMILES string of the molecule is C=C1CCc2c(C(C)C)cccc2N1C(C)C. The van der Waals surface area contributed by atoms with Crippen LogP contribution in [-0.4, -0.2) is 6.04 Å². The Kier molecular flexibility index (Phi) is 3.28. The summed E-state index contributed by atoms with van der Waals surface area (Å²) in [6.45, 7) is 13.2. The molecule has 1 nitrogen and oxygen atoms in total. The van der Waals surface area contributed by atoms with Gasteiger partial charge in [-0.1, -0.05) is 32.6 Å². The van der Waals surface area contributed by atoms with E-state index in [1.807, 2.05) is 0 Å². The predicted molar refractivity (Wildman–Crippen MR) is 75.6 cm³/mol. The topological polar surface area (TPSA) is 3.24 Å². The lowest BCUT2D eigenvalue weighted by molar-refractivity contribution is 0.686. The zero-order valence-electron chi connectivity index (χ0n) is 11.5. The number of rotatable bonds is 2. The quantitative estimate of drug-likeness (QED) is 0.722. The van der Waals surface area contributed by atoms with Gasteiger partial charge in [0.15, 0.2) is 0 Å². The minimum atomic E-state index is 0.490. The first-order chi connectivity index (χ1) is 8.02. The van der Waals surface area contributed by atoms with Crippen molar-refractivity contribution in [2.45, 2.75) is 52.5 Å². The molecule has 1 aliphatic heterocycles. The molecule has 1 aromatic rings. The Bertz CT molecular complexity index is 429. The van der Waals surface area contributed by atoms with Crippen molar-refractivity contribution >= 4 is 5.69 Å². The molecule has 1 aliphatic rings. The van der Waals surface area contributed by atoms with Gasteiger partial charge in [0.2, 0.25) is 0 Å². The van der Waals surface area contributed by atoms with Gasteiger partial charge in [-0.05, 0) is 49.8 Å². The molecule has 0 saturated heterocycles. The van der Waals surface area contributed by atoms with Crippen molar-refractivity contribution in [3.63, 3.8) is 0 Å². The summed E-state index contributed by atoms with van der Waals surface area (Å²) in [6, 6.07) is 7.19. The van der Waals surface area contributed by atoms with Crippen molar-refractivity contribution < 1.29 is 0 Å². The number of allylic oxidation sites excluding steroid dienone is 1. The van der Waals surface area contributed by atoms with E-state index in [9.17, 15) is 0 Å². The van der Waals surface area contributed by atoms with Crippen LogP contribution in [0.1, 0.15) is 51.2 Å². The van der Waals surface area contributed by atoms with E-state index in [2.05, 4.69) is 57.4 Å². The summed E-state index contributed by atoms with van der Waals surface area (Å²) in [5.41, 5.74) is 5.67. The Labute approximate surface area is 105 Å². The number of hydrogen-bond donors (Lipinski definition) is 0. The van der Waals surface area contributed by atoms with Gasteiger partial charge in [-0.2, -0.15) is 0 Å². The molecule has 1 heterocycles. The number of anilines is 1. The number of nitrogens with zero attached hydrogens (tertiary/aromatic N) is 1. The Hall–Kier alpha value is -1.24. The van der Waals surface area contributed by atoms with E-state index in [4.69, 9.17) is 0 Å². The van der Waals surface area contributed by atoms with E-state index in [-0.39, 0.29) is 0 Å². The fraction of sp³-hybridized carbons (Fsp3) is 0.500. The summed E-state index contributed by atoms with van der Waals surface area (Å²) in [5, 5.41) is 0. The van der Waals surface area contributed by atoms with Crippen LogP contribution >= 0.6 is 0 Å². The van der Waals surface area contributed by atoms with E-state index in [0.717, 1.165) is 12.8 Å². The summed E-state index contributed by atoms with van der Waals surface area (Å²) in [7, 11) is 0. The molecular weight excluding hydrogens is 206 g/mol. The second kappa shape index (κ2) is 4.56. The molecule has 0 aromatic heterocycles. The van der Waals surface area contributed by atoms with Crippen LogP contribution in [0, 0.1) is 0 Å². The van der Waals surface area contributed by atoms with Crippen LogP contribution in [0.2, 0.25) is 0 Å². The molecule has 0 saturated carbocycles. The van der Waals surface area contributed by atoms with Gasteiger partial charge in [0.25, 0.3) is 0 Å². The van der Waals surface area contributed by atoms with Gasteiger partial charge in [0.1, 0.15) is 0 Å². The molecule has 1 heteroatoms. The van der Waals surface area contributed by atoms with E-state index in [1.54, 1.807) is 0 Å². The number of fused-ring (bicyclic) bond motifs is 1. The van der Waals surface area contributed by atoms with Gasteiger partial charge in [0, 0.05) is 17.4 Å². The van der Waals surface area contributed by atoms with Crippen LogP contribution < -0.4 is 4.90 Å². The van der Waals surface area contributed by atoms with Crippen LogP contribution in [-0.2, 0) is 6.42 Å². The number of hydrogen-bond acceptors (Lipinski definition) is 1. The summed E-state index contributed by atoms with van der Waals surface area (Å²) >= 11 is 0. The first kappa shape index (κ1) is 12.2. The van der Waals surface area contributed by atoms with Gasteiger partial charge in [-0.15, -0.1) is 0 Å². The van der Waals surface area contributed by atoms with Crippen molar-refractivity contribution in [1.82, 2.24) is 0 Å². The van der Waals surface area contributed by atoms with Gasteiger partial charge >= 0.3 is 0 Å². The van der Waals surface area contributed by atoms with E-state index < -0.39 is 0 Å². The second-order valence-electron chi connectivity index (χ2n) is 5.53. The van der Waals surface area contributed by atoms with Crippen LogP contribution in [0.15, 0.2) is 30.5 Å². The summed E-state index contributed by atoms with van der Waals surface area (Å²) < 4.78 is 0.